The molecular weight excluding hydrogens is 306 g/mol. The van der Waals surface area contributed by atoms with Gasteiger partial charge in [0, 0.05) is 7.05 Å². The van der Waals surface area contributed by atoms with Crippen LogP contribution in [0, 0.1) is 0 Å². The zero-order valence-corrected chi connectivity index (χ0v) is 13.4. The first-order valence-electron chi connectivity index (χ1n) is 7.45. The molecule has 3 rings (SSSR count). The van der Waals surface area contributed by atoms with Crippen LogP contribution in [0.4, 0.5) is 5.69 Å². The van der Waals surface area contributed by atoms with E-state index in [1.807, 2.05) is 29.8 Å². The number of benzene rings is 2. The second-order valence-corrected chi connectivity index (χ2v) is 5.44. The maximum absolute atomic E-state index is 12.3. The smallest absolute Gasteiger partial charge is 0.339 e. The Bertz CT molecular complexity index is 915. The van der Waals surface area contributed by atoms with Crippen LogP contribution in [0.15, 0.2) is 48.8 Å². The summed E-state index contributed by atoms with van der Waals surface area (Å²) in [5.74, 6) is -0.692. The van der Waals surface area contributed by atoms with Crippen molar-refractivity contribution in [3.63, 3.8) is 0 Å². The van der Waals surface area contributed by atoms with E-state index in [9.17, 15) is 9.59 Å². The number of hydrogen-bond acceptors (Lipinski definition) is 4. The number of carbonyl (C=O) groups is 2. The molecule has 0 aliphatic carbocycles. The number of ether oxygens (including phenoxy) is 1. The van der Waals surface area contributed by atoms with Gasteiger partial charge in [-0.1, -0.05) is 18.2 Å². The monoisotopic (exact) mass is 323 g/mol. The van der Waals surface area contributed by atoms with E-state index in [1.165, 1.54) is 7.11 Å². The number of amides is 1. The van der Waals surface area contributed by atoms with E-state index >= 15 is 0 Å². The van der Waals surface area contributed by atoms with Gasteiger partial charge in [-0.05, 0) is 29.8 Å². The van der Waals surface area contributed by atoms with Gasteiger partial charge in [-0.15, -0.1) is 0 Å². The largest absolute Gasteiger partial charge is 0.465 e. The Morgan fingerprint density at radius 3 is 2.79 bits per heavy atom. The summed E-state index contributed by atoms with van der Waals surface area (Å²) in [6.07, 6.45) is 1.93. The number of esters is 1. The molecule has 6 nitrogen and oxygen atoms in total. The summed E-state index contributed by atoms with van der Waals surface area (Å²) >= 11 is 0. The fourth-order valence-corrected chi connectivity index (χ4v) is 2.55. The van der Waals surface area contributed by atoms with E-state index in [-0.39, 0.29) is 12.3 Å². The Labute approximate surface area is 139 Å². The number of aryl methyl sites for hydroxylation is 1. The molecule has 0 aliphatic heterocycles. The summed E-state index contributed by atoms with van der Waals surface area (Å²) < 4.78 is 6.65. The standard InChI is InChI=1S/C18H17N3O3/c1-21-11-19-15-9-12(7-8-16(15)21)10-17(22)20-14-6-4-3-5-13(14)18(23)24-2/h3-9,11H,10H2,1-2H3,(H,20,22). The second kappa shape index (κ2) is 6.54. The van der Waals surface area contributed by atoms with Gasteiger partial charge in [-0.2, -0.15) is 0 Å². The first-order chi connectivity index (χ1) is 11.6. The molecule has 0 bridgehead atoms. The van der Waals surface area contributed by atoms with E-state index in [2.05, 4.69) is 10.3 Å². The summed E-state index contributed by atoms with van der Waals surface area (Å²) in [5, 5.41) is 2.76. The van der Waals surface area contributed by atoms with Crippen LogP contribution in [-0.4, -0.2) is 28.5 Å². The minimum atomic E-state index is -0.485. The van der Waals surface area contributed by atoms with E-state index in [0.29, 0.717) is 11.3 Å². The van der Waals surface area contributed by atoms with Crippen LogP contribution in [-0.2, 0) is 23.0 Å². The van der Waals surface area contributed by atoms with Crippen molar-refractivity contribution in [1.29, 1.82) is 0 Å². The number of imidazole rings is 1. The predicted octanol–water partition coefficient (Wildman–Crippen LogP) is 2.54. The molecule has 1 amide bonds. The Balaban J connectivity index is 1.76. The highest BCUT2D eigenvalue weighted by molar-refractivity contribution is 6.01. The average molecular weight is 323 g/mol. The number of aromatic nitrogens is 2. The third-order valence-electron chi connectivity index (χ3n) is 3.76. The summed E-state index contributed by atoms with van der Waals surface area (Å²) in [6.45, 7) is 0. The van der Waals surface area contributed by atoms with Gasteiger partial charge in [0.15, 0.2) is 0 Å². The molecule has 0 atom stereocenters. The number of nitrogens with zero attached hydrogens (tertiary/aromatic N) is 2. The lowest BCUT2D eigenvalue weighted by molar-refractivity contribution is -0.115. The van der Waals surface area contributed by atoms with Crippen LogP contribution in [0.25, 0.3) is 11.0 Å². The van der Waals surface area contributed by atoms with Crippen molar-refractivity contribution in [2.75, 3.05) is 12.4 Å². The number of hydrogen-bond donors (Lipinski definition) is 1. The maximum Gasteiger partial charge on any atom is 0.339 e. The molecular formula is C18H17N3O3. The van der Waals surface area contributed by atoms with Crippen molar-refractivity contribution in [2.24, 2.45) is 7.05 Å². The van der Waals surface area contributed by atoms with Crippen LogP contribution in [0.2, 0.25) is 0 Å². The van der Waals surface area contributed by atoms with Crippen molar-refractivity contribution < 1.29 is 14.3 Å². The number of anilines is 1. The summed E-state index contributed by atoms with van der Waals surface area (Å²) in [6, 6.07) is 12.5. The Morgan fingerprint density at radius 1 is 1.21 bits per heavy atom. The molecule has 0 unspecified atom stereocenters. The number of rotatable bonds is 4. The Hall–Kier alpha value is -3.15. The van der Waals surface area contributed by atoms with Crippen LogP contribution in [0.5, 0.6) is 0 Å². The average Bonchev–Trinajstić information content (AvgIpc) is 2.95. The van der Waals surface area contributed by atoms with Crippen molar-refractivity contribution in [3.05, 3.63) is 59.9 Å². The summed E-state index contributed by atoms with van der Waals surface area (Å²) in [4.78, 5) is 28.3. The van der Waals surface area contributed by atoms with E-state index in [0.717, 1.165) is 16.6 Å². The van der Waals surface area contributed by atoms with Crippen LogP contribution < -0.4 is 5.32 Å². The molecule has 0 radical (unpaired) electrons. The molecule has 0 aliphatic rings. The lowest BCUT2D eigenvalue weighted by atomic mass is 10.1. The van der Waals surface area contributed by atoms with Crippen molar-refractivity contribution in [1.82, 2.24) is 9.55 Å². The van der Waals surface area contributed by atoms with Gasteiger partial charge < -0.3 is 14.6 Å². The molecule has 0 saturated heterocycles. The zero-order valence-electron chi connectivity index (χ0n) is 13.4. The highest BCUT2D eigenvalue weighted by Crippen LogP contribution is 2.18. The van der Waals surface area contributed by atoms with Gasteiger partial charge >= 0.3 is 5.97 Å². The molecule has 3 aromatic rings. The molecule has 0 spiro atoms. The fraction of sp³-hybridized carbons (Fsp3) is 0.167. The Kier molecular flexibility index (Phi) is 4.29. The number of para-hydroxylation sites is 1. The first-order valence-corrected chi connectivity index (χ1v) is 7.45. The first kappa shape index (κ1) is 15.7. The fourth-order valence-electron chi connectivity index (χ4n) is 2.55. The number of carbonyl (C=O) groups excluding carboxylic acids is 2. The number of fused-ring (bicyclic) bond motifs is 1. The van der Waals surface area contributed by atoms with E-state index in [4.69, 9.17) is 4.74 Å². The third-order valence-corrected chi connectivity index (χ3v) is 3.76. The minimum absolute atomic E-state index is 0.196. The minimum Gasteiger partial charge on any atom is -0.465 e. The van der Waals surface area contributed by atoms with Crippen molar-refractivity contribution in [2.45, 2.75) is 6.42 Å². The van der Waals surface area contributed by atoms with Gasteiger partial charge in [0.25, 0.3) is 0 Å². The van der Waals surface area contributed by atoms with Gasteiger partial charge in [0.05, 0.1) is 42.1 Å². The second-order valence-electron chi connectivity index (χ2n) is 5.44. The van der Waals surface area contributed by atoms with Gasteiger partial charge in [0.2, 0.25) is 5.91 Å². The predicted molar refractivity (Wildman–Crippen MR) is 90.8 cm³/mol. The van der Waals surface area contributed by atoms with Crippen LogP contribution in [0.3, 0.4) is 0 Å². The molecule has 0 saturated carbocycles. The SMILES string of the molecule is COC(=O)c1ccccc1NC(=O)Cc1ccc2c(c1)ncn2C. The summed E-state index contributed by atoms with van der Waals surface area (Å²) in [7, 11) is 3.23. The van der Waals surface area contributed by atoms with E-state index < -0.39 is 5.97 Å². The molecule has 1 N–H and O–H groups in total. The molecule has 6 heteroatoms. The maximum atomic E-state index is 12.3. The van der Waals surface area contributed by atoms with Gasteiger partial charge in [-0.25, -0.2) is 9.78 Å². The highest BCUT2D eigenvalue weighted by Gasteiger charge is 2.13. The molecule has 0 fully saturated rings. The van der Waals surface area contributed by atoms with Crippen LogP contribution >= 0.6 is 0 Å². The van der Waals surface area contributed by atoms with Crippen LogP contribution in [0.1, 0.15) is 15.9 Å². The Morgan fingerprint density at radius 2 is 2.00 bits per heavy atom. The van der Waals surface area contributed by atoms with E-state index in [1.54, 1.807) is 30.6 Å². The molecule has 122 valence electrons. The number of methoxy groups -OCH3 is 1. The van der Waals surface area contributed by atoms with Crippen molar-refractivity contribution in [3.8, 4) is 0 Å². The van der Waals surface area contributed by atoms with Gasteiger partial charge in [0.1, 0.15) is 0 Å². The lowest BCUT2D eigenvalue weighted by Gasteiger charge is -2.09. The third kappa shape index (κ3) is 3.12. The quantitative estimate of drug-likeness (QED) is 0.749. The molecule has 1 heterocycles. The lowest BCUT2D eigenvalue weighted by Crippen LogP contribution is -2.17. The highest BCUT2D eigenvalue weighted by atomic mass is 16.5. The normalized spacial score (nSPS) is 10.6. The molecule has 2 aromatic carbocycles. The van der Waals surface area contributed by atoms with Gasteiger partial charge in [-0.3, -0.25) is 4.79 Å². The molecule has 24 heavy (non-hydrogen) atoms. The zero-order chi connectivity index (χ0) is 17.1. The number of nitrogens with one attached hydrogen (secondary N) is 1. The topological polar surface area (TPSA) is 73.2 Å². The molecule has 1 aromatic heterocycles. The van der Waals surface area contributed by atoms with Crippen molar-refractivity contribution >= 4 is 28.6 Å². The summed E-state index contributed by atoms with van der Waals surface area (Å²) in [5.41, 5.74) is 3.48.